The molecule has 24 heavy (non-hydrogen) atoms. The largest absolute Gasteiger partial charge is 0.491 e. The molecule has 0 bridgehead atoms. The number of aromatic nitrogens is 1. The molecule has 1 aliphatic rings. The van der Waals surface area contributed by atoms with Gasteiger partial charge in [-0.2, -0.15) is 0 Å². The number of ether oxygens (including phenoxy) is 1. The van der Waals surface area contributed by atoms with Crippen LogP contribution in [0.4, 0.5) is 5.13 Å². The smallest absolute Gasteiger partial charge is 0.254 e. The predicted molar refractivity (Wildman–Crippen MR) is 92.6 cm³/mol. The normalized spacial score (nSPS) is 15.0. The van der Waals surface area contributed by atoms with Crippen LogP contribution in [0, 0.1) is 0 Å². The van der Waals surface area contributed by atoms with Crippen molar-refractivity contribution in [2.45, 2.75) is 20.0 Å². The van der Waals surface area contributed by atoms with Crippen molar-refractivity contribution in [3.8, 4) is 5.75 Å². The Morgan fingerprint density at radius 3 is 2.58 bits per heavy atom. The fourth-order valence-electron chi connectivity index (χ4n) is 2.53. The maximum Gasteiger partial charge on any atom is 0.254 e. The molecule has 0 radical (unpaired) electrons. The number of thiazole rings is 1. The van der Waals surface area contributed by atoms with Gasteiger partial charge in [-0.25, -0.2) is 4.98 Å². The molecule has 1 aromatic carbocycles. The van der Waals surface area contributed by atoms with Gasteiger partial charge in [0.1, 0.15) is 12.3 Å². The highest BCUT2D eigenvalue weighted by atomic mass is 32.1. The van der Waals surface area contributed by atoms with Gasteiger partial charge in [-0.15, -0.1) is 11.3 Å². The van der Waals surface area contributed by atoms with Gasteiger partial charge in [0, 0.05) is 30.2 Å². The molecular formula is C17H19N3O3S. The Balaban J connectivity index is 1.65. The third-order valence-corrected chi connectivity index (χ3v) is 4.43. The SMILES string of the molecule is CC(C)Oc1ccc(C(=O)N2CCN(c3nccs3)C(=O)C2)cc1. The van der Waals surface area contributed by atoms with Gasteiger partial charge in [-0.3, -0.25) is 14.5 Å². The number of rotatable bonds is 4. The van der Waals surface area contributed by atoms with E-state index in [0.29, 0.717) is 23.8 Å². The van der Waals surface area contributed by atoms with E-state index in [1.807, 2.05) is 19.2 Å². The number of amides is 2. The number of hydrogen-bond donors (Lipinski definition) is 0. The van der Waals surface area contributed by atoms with Crippen molar-refractivity contribution >= 4 is 28.3 Å². The number of piperazine rings is 1. The van der Waals surface area contributed by atoms with E-state index in [9.17, 15) is 9.59 Å². The molecule has 2 heterocycles. The lowest BCUT2D eigenvalue weighted by atomic mass is 10.1. The zero-order chi connectivity index (χ0) is 17.1. The second kappa shape index (κ2) is 7.00. The van der Waals surface area contributed by atoms with Crippen LogP contribution in [-0.2, 0) is 4.79 Å². The Bertz CT molecular complexity index is 713. The average molecular weight is 345 g/mol. The van der Waals surface area contributed by atoms with Crippen molar-refractivity contribution in [1.29, 1.82) is 0 Å². The molecule has 7 heteroatoms. The van der Waals surface area contributed by atoms with E-state index in [1.165, 1.54) is 11.3 Å². The minimum absolute atomic E-state index is 0.0721. The Hall–Kier alpha value is -2.41. The van der Waals surface area contributed by atoms with Gasteiger partial charge >= 0.3 is 0 Å². The molecule has 0 aliphatic carbocycles. The summed E-state index contributed by atoms with van der Waals surface area (Å²) in [5.41, 5.74) is 0.557. The molecular weight excluding hydrogens is 326 g/mol. The molecule has 3 rings (SSSR count). The van der Waals surface area contributed by atoms with Crippen LogP contribution in [0.15, 0.2) is 35.8 Å². The van der Waals surface area contributed by atoms with Crippen molar-refractivity contribution in [3.05, 3.63) is 41.4 Å². The summed E-state index contributed by atoms with van der Waals surface area (Å²) in [6.07, 6.45) is 1.76. The summed E-state index contributed by atoms with van der Waals surface area (Å²) < 4.78 is 5.58. The van der Waals surface area contributed by atoms with Gasteiger partial charge in [0.15, 0.2) is 5.13 Å². The first-order valence-corrected chi connectivity index (χ1v) is 8.68. The molecule has 2 aromatic rings. The van der Waals surface area contributed by atoms with Crippen LogP contribution in [0.5, 0.6) is 5.75 Å². The van der Waals surface area contributed by atoms with Crippen molar-refractivity contribution in [2.24, 2.45) is 0 Å². The van der Waals surface area contributed by atoms with Crippen molar-refractivity contribution in [1.82, 2.24) is 9.88 Å². The van der Waals surface area contributed by atoms with Crippen molar-refractivity contribution < 1.29 is 14.3 Å². The highest BCUT2D eigenvalue weighted by Crippen LogP contribution is 2.21. The Labute approximate surface area is 144 Å². The first-order chi connectivity index (χ1) is 11.5. The van der Waals surface area contributed by atoms with Crippen LogP contribution in [0.3, 0.4) is 0 Å². The Morgan fingerprint density at radius 2 is 2.00 bits per heavy atom. The van der Waals surface area contributed by atoms with Crippen LogP contribution in [0.1, 0.15) is 24.2 Å². The zero-order valence-corrected chi connectivity index (χ0v) is 14.5. The highest BCUT2D eigenvalue weighted by Gasteiger charge is 2.29. The van der Waals surface area contributed by atoms with Crippen LogP contribution in [0.25, 0.3) is 0 Å². The minimum atomic E-state index is -0.141. The fourth-order valence-corrected chi connectivity index (χ4v) is 3.21. The van der Waals surface area contributed by atoms with Gasteiger partial charge < -0.3 is 9.64 Å². The predicted octanol–water partition coefficient (Wildman–Crippen LogP) is 2.42. The quantitative estimate of drug-likeness (QED) is 0.854. The number of carbonyl (C=O) groups is 2. The number of hydrogen-bond acceptors (Lipinski definition) is 5. The molecule has 1 saturated heterocycles. The van der Waals surface area contributed by atoms with E-state index in [4.69, 9.17) is 4.74 Å². The molecule has 0 atom stereocenters. The minimum Gasteiger partial charge on any atom is -0.491 e. The van der Waals surface area contributed by atoms with E-state index in [-0.39, 0.29) is 24.5 Å². The van der Waals surface area contributed by atoms with Gasteiger partial charge in [-0.05, 0) is 38.1 Å². The molecule has 1 aliphatic heterocycles. The summed E-state index contributed by atoms with van der Waals surface area (Å²) in [7, 11) is 0. The molecule has 1 aromatic heterocycles. The maximum absolute atomic E-state index is 12.6. The molecule has 2 amide bonds. The summed E-state index contributed by atoms with van der Waals surface area (Å²) in [4.78, 5) is 32.2. The number of nitrogens with zero attached hydrogens (tertiary/aromatic N) is 3. The second-order valence-corrected chi connectivity index (χ2v) is 6.65. The maximum atomic E-state index is 12.6. The second-order valence-electron chi connectivity index (χ2n) is 5.78. The van der Waals surface area contributed by atoms with E-state index in [1.54, 1.807) is 40.3 Å². The van der Waals surface area contributed by atoms with Crippen molar-refractivity contribution in [3.63, 3.8) is 0 Å². The first kappa shape index (κ1) is 16.4. The molecule has 126 valence electrons. The summed E-state index contributed by atoms with van der Waals surface area (Å²) in [6, 6.07) is 7.02. The zero-order valence-electron chi connectivity index (χ0n) is 13.6. The lowest BCUT2D eigenvalue weighted by Gasteiger charge is -2.32. The molecule has 0 unspecified atom stereocenters. The van der Waals surface area contributed by atoms with E-state index < -0.39 is 0 Å². The van der Waals surface area contributed by atoms with Gasteiger partial charge in [0.25, 0.3) is 5.91 Å². The third-order valence-electron chi connectivity index (χ3n) is 3.63. The summed E-state index contributed by atoms with van der Waals surface area (Å²) >= 11 is 1.42. The topological polar surface area (TPSA) is 62.7 Å². The standard InChI is InChI=1S/C17H19N3O3S/c1-12(2)23-14-5-3-13(4-6-14)16(22)19-8-9-20(15(21)11-19)17-18-7-10-24-17/h3-7,10,12H,8-9,11H2,1-2H3. The summed E-state index contributed by atoms with van der Waals surface area (Å²) in [5.74, 6) is 0.480. The number of anilines is 1. The molecule has 0 saturated carbocycles. The van der Waals surface area contributed by atoms with Crippen LogP contribution < -0.4 is 9.64 Å². The van der Waals surface area contributed by atoms with Crippen LogP contribution in [0.2, 0.25) is 0 Å². The summed E-state index contributed by atoms with van der Waals surface area (Å²) in [5, 5.41) is 2.52. The monoisotopic (exact) mass is 345 g/mol. The third kappa shape index (κ3) is 3.56. The van der Waals surface area contributed by atoms with E-state index >= 15 is 0 Å². The van der Waals surface area contributed by atoms with Crippen LogP contribution in [-0.4, -0.2) is 47.4 Å². The average Bonchev–Trinajstić information content (AvgIpc) is 3.08. The van der Waals surface area contributed by atoms with E-state index in [0.717, 1.165) is 5.75 Å². The van der Waals surface area contributed by atoms with Crippen LogP contribution >= 0.6 is 11.3 Å². The molecule has 0 N–H and O–H groups in total. The first-order valence-electron chi connectivity index (χ1n) is 7.80. The highest BCUT2D eigenvalue weighted by molar-refractivity contribution is 7.13. The lowest BCUT2D eigenvalue weighted by Crippen LogP contribution is -2.52. The Morgan fingerprint density at radius 1 is 1.25 bits per heavy atom. The van der Waals surface area contributed by atoms with Gasteiger partial charge in [0.05, 0.1) is 6.10 Å². The van der Waals surface area contributed by atoms with E-state index in [2.05, 4.69) is 4.98 Å². The van der Waals surface area contributed by atoms with Crippen molar-refractivity contribution in [2.75, 3.05) is 24.5 Å². The summed E-state index contributed by atoms with van der Waals surface area (Å²) in [6.45, 7) is 4.93. The molecule has 0 spiro atoms. The molecule has 6 nitrogen and oxygen atoms in total. The lowest BCUT2D eigenvalue weighted by molar-refractivity contribution is -0.120. The number of benzene rings is 1. The molecule has 1 fully saturated rings. The fraction of sp³-hybridized carbons (Fsp3) is 0.353. The Kier molecular flexibility index (Phi) is 4.80. The van der Waals surface area contributed by atoms with Gasteiger partial charge in [-0.1, -0.05) is 0 Å². The van der Waals surface area contributed by atoms with Gasteiger partial charge in [0.2, 0.25) is 5.91 Å². The number of carbonyl (C=O) groups excluding carboxylic acids is 2.